The van der Waals surface area contributed by atoms with Crippen LogP contribution in [0.2, 0.25) is 0 Å². The third-order valence-electron chi connectivity index (χ3n) is 4.99. The van der Waals surface area contributed by atoms with Crippen molar-refractivity contribution in [3.05, 3.63) is 0 Å². The molecule has 0 aromatic heterocycles. The van der Waals surface area contributed by atoms with Crippen LogP contribution in [0.1, 0.15) is 71.1 Å². The van der Waals surface area contributed by atoms with Crippen LogP contribution >= 0.6 is 0 Å². The van der Waals surface area contributed by atoms with E-state index in [0.29, 0.717) is 12.0 Å². The normalized spacial score (nSPS) is 34.4. The SMILES string of the molecule is CCC1CCCC(NC2CCCCC2)(C(N)=O)C1. The Morgan fingerprint density at radius 3 is 2.56 bits per heavy atom. The maximum Gasteiger partial charge on any atom is 0.237 e. The van der Waals surface area contributed by atoms with E-state index in [4.69, 9.17) is 5.73 Å². The van der Waals surface area contributed by atoms with Gasteiger partial charge in [0.15, 0.2) is 0 Å². The first-order valence-corrected chi connectivity index (χ1v) is 7.74. The Kier molecular flexibility index (Phi) is 4.66. The van der Waals surface area contributed by atoms with Crippen molar-refractivity contribution in [2.24, 2.45) is 11.7 Å². The number of nitrogens with one attached hydrogen (secondary N) is 1. The molecule has 2 fully saturated rings. The van der Waals surface area contributed by atoms with Crippen LogP contribution in [0.25, 0.3) is 0 Å². The first-order chi connectivity index (χ1) is 8.66. The molecule has 0 aromatic carbocycles. The van der Waals surface area contributed by atoms with Crippen LogP contribution in [0, 0.1) is 5.92 Å². The molecule has 1 amide bonds. The maximum absolute atomic E-state index is 12.0. The lowest BCUT2D eigenvalue weighted by Gasteiger charge is -2.42. The summed E-state index contributed by atoms with van der Waals surface area (Å²) < 4.78 is 0. The molecular formula is C15H28N2O. The van der Waals surface area contributed by atoms with E-state index >= 15 is 0 Å². The monoisotopic (exact) mass is 252 g/mol. The molecule has 18 heavy (non-hydrogen) atoms. The Morgan fingerprint density at radius 1 is 1.22 bits per heavy atom. The molecule has 0 spiro atoms. The molecule has 0 aromatic rings. The van der Waals surface area contributed by atoms with Gasteiger partial charge in [0.2, 0.25) is 5.91 Å². The summed E-state index contributed by atoms with van der Waals surface area (Å²) in [4.78, 5) is 12.0. The van der Waals surface area contributed by atoms with E-state index in [0.717, 1.165) is 19.3 Å². The summed E-state index contributed by atoms with van der Waals surface area (Å²) in [6.45, 7) is 2.22. The minimum atomic E-state index is -0.402. The Labute approximate surface area is 111 Å². The zero-order valence-electron chi connectivity index (χ0n) is 11.7. The Hall–Kier alpha value is -0.570. The summed E-state index contributed by atoms with van der Waals surface area (Å²) >= 11 is 0. The number of amides is 1. The van der Waals surface area contributed by atoms with Crippen molar-refractivity contribution in [1.82, 2.24) is 5.32 Å². The van der Waals surface area contributed by atoms with Gasteiger partial charge in [0.25, 0.3) is 0 Å². The third-order valence-corrected chi connectivity index (χ3v) is 4.99. The van der Waals surface area contributed by atoms with Crippen molar-refractivity contribution >= 4 is 5.91 Å². The molecule has 3 heteroatoms. The fraction of sp³-hybridized carbons (Fsp3) is 0.933. The summed E-state index contributed by atoms with van der Waals surface area (Å²) in [6, 6.07) is 0.516. The minimum Gasteiger partial charge on any atom is -0.368 e. The van der Waals surface area contributed by atoms with Crippen molar-refractivity contribution in [1.29, 1.82) is 0 Å². The number of carbonyl (C=O) groups is 1. The lowest BCUT2D eigenvalue weighted by atomic mass is 9.73. The lowest BCUT2D eigenvalue weighted by molar-refractivity contribution is -0.127. The van der Waals surface area contributed by atoms with E-state index in [1.807, 2.05) is 0 Å². The second-order valence-electron chi connectivity index (χ2n) is 6.30. The summed E-state index contributed by atoms with van der Waals surface area (Å²) in [6.07, 6.45) is 11.8. The molecule has 2 unspecified atom stereocenters. The third kappa shape index (κ3) is 3.05. The van der Waals surface area contributed by atoms with Gasteiger partial charge in [-0.05, 0) is 31.6 Å². The van der Waals surface area contributed by atoms with Crippen molar-refractivity contribution in [2.45, 2.75) is 82.7 Å². The molecule has 3 N–H and O–H groups in total. The average molecular weight is 252 g/mol. The van der Waals surface area contributed by atoms with Gasteiger partial charge in [-0.3, -0.25) is 4.79 Å². The number of rotatable bonds is 4. The fourth-order valence-corrected chi connectivity index (χ4v) is 3.80. The van der Waals surface area contributed by atoms with Gasteiger partial charge < -0.3 is 11.1 Å². The Balaban J connectivity index is 2.03. The van der Waals surface area contributed by atoms with E-state index < -0.39 is 5.54 Å². The predicted molar refractivity (Wildman–Crippen MR) is 74.2 cm³/mol. The molecular weight excluding hydrogens is 224 g/mol. The molecule has 2 atom stereocenters. The molecule has 2 rings (SSSR count). The van der Waals surface area contributed by atoms with Crippen LogP contribution in [0.5, 0.6) is 0 Å². The molecule has 3 nitrogen and oxygen atoms in total. The topological polar surface area (TPSA) is 55.1 Å². The van der Waals surface area contributed by atoms with E-state index in [1.54, 1.807) is 0 Å². The quantitative estimate of drug-likeness (QED) is 0.808. The maximum atomic E-state index is 12.0. The Bertz CT molecular complexity index is 286. The highest BCUT2D eigenvalue weighted by atomic mass is 16.1. The number of carbonyl (C=O) groups excluding carboxylic acids is 1. The van der Waals surface area contributed by atoms with Crippen LogP contribution in [-0.4, -0.2) is 17.5 Å². The first kappa shape index (κ1) is 13.9. The van der Waals surface area contributed by atoms with Crippen LogP contribution < -0.4 is 11.1 Å². The number of hydrogen-bond acceptors (Lipinski definition) is 2. The van der Waals surface area contributed by atoms with E-state index in [-0.39, 0.29) is 5.91 Å². The Morgan fingerprint density at radius 2 is 1.94 bits per heavy atom. The standard InChI is InChI=1S/C15H28N2O/c1-2-12-7-6-10-15(11-12,14(16)18)17-13-8-4-3-5-9-13/h12-13,17H,2-11H2,1H3,(H2,16,18). The lowest BCUT2D eigenvalue weighted by Crippen LogP contribution is -2.61. The fourth-order valence-electron chi connectivity index (χ4n) is 3.80. The predicted octanol–water partition coefficient (Wildman–Crippen LogP) is 2.73. The van der Waals surface area contributed by atoms with Crippen molar-refractivity contribution in [3.63, 3.8) is 0 Å². The average Bonchev–Trinajstić information content (AvgIpc) is 2.40. The van der Waals surface area contributed by atoms with E-state index in [1.165, 1.54) is 44.9 Å². The zero-order valence-corrected chi connectivity index (χ0v) is 11.7. The van der Waals surface area contributed by atoms with Gasteiger partial charge in [-0.15, -0.1) is 0 Å². The number of hydrogen-bond donors (Lipinski definition) is 2. The van der Waals surface area contributed by atoms with Crippen LogP contribution in [0.3, 0.4) is 0 Å². The molecule has 104 valence electrons. The van der Waals surface area contributed by atoms with Gasteiger partial charge in [-0.1, -0.05) is 45.4 Å². The summed E-state index contributed by atoms with van der Waals surface area (Å²) in [5.41, 5.74) is 5.33. The van der Waals surface area contributed by atoms with E-state index in [9.17, 15) is 4.79 Å². The highest BCUT2D eigenvalue weighted by Gasteiger charge is 2.42. The van der Waals surface area contributed by atoms with Crippen molar-refractivity contribution in [3.8, 4) is 0 Å². The summed E-state index contributed by atoms with van der Waals surface area (Å²) in [7, 11) is 0. The van der Waals surface area contributed by atoms with Gasteiger partial charge in [0, 0.05) is 6.04 Å². The molecule has 0 heterocycles. The van der Waals surface area contributed by atoms with Gasteiger partial charge >= 0.3 is 0 Å². The first-order valence-electron chi connectivity index (χ1n) is 7.74. The summed E-state index contributed by atoms with van der Waals surface area (Å²) in [5, 5.41) is 3.66. The molecule has 2 saturated carbocycles. The largest absolute Gasteiger partial charge is 0.368 e. The van der Waals surface area contributed by atoms with Crippen molar-refractivity contribution in [2.75, 3.05) is 0 Å². The highest BCUT2D eigenvalue weighted by Crippen LogP contribution is 2.35. The van der Waals surface area contributed by atoms with Crippen molar-refractivity contribution < 1.29 is 4.79 Å². The van der Waals surface area contributed by atoms with Crippen LogP contribution in [0.15, 0.2) is 0 Å². The van der Waals surface area contributed by atoms with E-state index in [2.05, 4.69) is 12.2 Å². The molecule has 0 bridgehead atoms. The number of nitrogens with two attached hydrogens (primary N) is 1. The van der Waals surface area contributed by atoms with Gasteiger partial charge in [0.05, 0.1) is 5.54 Å². The van der Waals surface area contributed by atoms with Gasteiger partial charge in [-0.25, -0.2) is 0 Å². The molecule has 2 aliphatic carbocycles. The zero-order chi connectivity index (χ0) is 13.0. The highest BCUT2D eigenvalue weighted by molar-refractivity contribution is 5.84. The summed E-state index contributed by atoms with van der Waals surface area (Å²) in [5.74, 6) is 0.550. The molecule has 0 aliphatic heterocycles. The minimum absolute atomic E-state index is 0.119. The van der Waals surface area contributed by atoms with Crippen LogP contribution in [-0.2, 0) is 4.79 Å². The van der Waals surface area contributed by atoms with Gasteiger partial charge in [-0.2, -0.15) is 0 Å². The second kappa shape index (κ2) is 6.05. The second-order valence-corrected chi connectivity index (χ2v) is 6.30. The van der Waals surface area contributed by atoms with Crippen LogP contribution in [0.4, 0.5) is 0 Å². The molecule has 0 saturated heterocycles. The smallest absolute Gasteiger partial charge is 0.237 e. The van der Waals surface area contributed by atoms with Gasteiger partial charge in [0.1, 0.15) is 0 Å². The number of primary amides is 1. The molecule has 0 radical (unpaired) electrons. The molecule has 2 aliphatic rings.